The second-order valence-electron chi connectivity index (χ2n) is 5.00. The van der Waals surface area contributed by atoms with Gasteiger partial charge in [-0.1, -0.05) is 0 Å². The fraction of sp³-hybridized carbons (Fsp3) is 0.308. The van der Waals surface area contributed by atoms with Crippen molar-refractivity contribution < 1.29 is 18.3 Å². The molecule has 0 aliphatic rings. The predicted molar refractivity (Wildman–Crippen MR) is 90.0 cm³/mol. The summed E-state index contributed by atoms with van der Waals surface area (Å²) in [6.07, 6.45) is 0.0336. The van der Waals surface area contributed by atoms with E-state index in [1.807, 2.05) is 0 Å². The summed E-state index contributed by atoms with van der Waals surface area (Å²) in [5.74, 6) is -1.09. The van der Waals surface area contributed by atoms with Crippen molar-refractivity contribution >= 4 is 39.7 Å². The maximum atomic E-state index is 12.6. The van der Waals surface area contributed by atoms with Crippen molar-refractivity contribution in [3.8, 4) is 0 Å². The molecule has 0 radical (unpaired) electrons. The van der Waals surface area contributed by atoms with Crippen LogP contribution in [0.5, 0.6) is 0 Å². The summed E-state index contributed by atoms with van der Waals surface area (Å²) in [5.41, 5.74) is -1.39. The van der Waals surface area contributed by atoms with Gasteiger partial charge in [-0.15, -0.1) is 0 Å². The van der Waals surface area contributed by atoms with Gasteiger partial charge in [-0.25, -0.2) is 8.42 Å². The van der Waals surface area contributed by atoms with Gasteiger partial charge in [0, 0.05) is 7.05 Å². The highest BCUT2D eigenvalue weighted by Crippen LogP contribution is 2.21. The number of likely N-dealkylation sites (N-methyl/N-ethyl adjacent to an activating group) is 1. The van der Waals surface area contributed by atoms with Crippen molar-refractivity contribution in [3.63, 3.8) is 0 Å². The highest BCUT2D eigenvalue weighted by atomic mass is 32.2. The maximum Gasteiger partial charge on any atom is 0.322 e. The second kappa shape index (κ2) is 6.79. The van der Waals surface area contributed by atoms with Crippen LogP contribution in [0.3, 0.4) is 0 Å². The quantitative estimate of drug-likeness (QED) is 0.401. The predicted octanol–water partition coefficient (Wildman–Crippen LogP) is -0.390. The topological polar surface area (TPSA) is 140 Å². The molecule has 0 fully saturated rings. The third-order valence-corrected chi connectivity index (χ3v) is 5.62. The maximum absolute atomic E-state index is 12.6. The normalized spacial score (nSPS) is 13.3. The Kier molecular flexibility index (Phi) is 5.16. The lowest BCUT2D eigenvalue weighted by molar-refractivity contribution is -0.141. The minimum absolute atomic E-state index is 0.0336. The van der Waals surface area contributed by atoms with Gasteiger partial charge in [0.2, 0.25) is 10.0 Å². The smallest absolute Gasteiger partial charge is 0.322 e. The molecule has 3 N–H and O–H groups in total. The number of fused-ring (bicyclic) bond motifs is 1. The molecule has 11 heteroatoms. The summed E-state index contributed by atoms with van der Waals surface area (Å²) in [6.45, 7) is 0. The van der Waals surface area contributed by atoms with Gasteiger partial charge in [-0.2, -0.15) is 16.9 Å². The molecule has 0 aliphatic heterocycles. The Hall–Kier alpha value is -2.11. The molecule has 2 rings (SSSR count). The van der Waals surface area contributed by atoms with Crippen molar-refractivity contribution in [3.05, 3.63) is 38.9 Å². The highest BCUT2D eigenvalue weighted by Gasteiger charge is 2.32. The van der Waals surface area contributed by atoms with Crippen LogP contribution in [0.2, 0.25) is 0 Å². The van der Waals surface area contributed by atoms with Gasteiger partial charge in [-0.3, -0.25) is 14.4 Å². The van der Waals surface area contributed by atoms with Gasteiger partial charge >= 0.3 is 17.1 Å². The number of H-pyrrole nitrogens is 2. The first-order valence-corrected chi connectivity index (χ1v) is 8.84. The van der Waals surface area contributed by atoms with E-state index < -0.39 is 33.2 Å². The van der Waals surface area contributed by atoms with Gasteiger partial charge in [0.05, 0.1) is 15.9 Å². The number of benzene rings is 1. The summed E-state index contributed by atoms with van der Waals surface area (Å²) >= 11 is 3.94. The van der Waals surface area contributed by atoms with Crippen LogP contribution in [-0.2, 0) is 14.8 Å². The van der Waals surface area contributed by atoms with E-state index in [4.69, 9.17) is 0 Å². The standard InChI is InChI=1S/C13H15N3O6S2/c1-16(10(4-5-23)13(19)20)24(21,22)7-2-3-8-9(6-7)15-12(18)11(17)14-8/h2-3,6,10,23H,4-5H2,1H3,(H,14,17)(H,15,18)(H,19,20). The number of aliphatic carboxylic acids is 1. The fourth-order valence-corrected chi connectivity index (χ4v) is 3.79. The lowest BCUT2D eigenvalue weighted by atomic mass is 10.2. The average Bonchev–Trinajstić information content (AvgIpc) is 2.52. The number of aromatic amines is 2. The zero-order chi connectivity index (χ0) is 18.1. The van der Waals surface area contributed by atoms with Crippen LogP contribution in [0.1, 0.15) is 6.42 Å². The number of thiol groups is 1. The molecule has 130 valence electrons. The van der Waals surface area contributed by atoms with Gasteiger partial charge in [0.25, 0.3) is 0 Å². The SMILES string of the molecule is CN(C(CCS)C(=O)O)S(=O)(=O)c1ccc2[nH]c(=O)c(=O)[nH]c2c1. The number of rotatable bonds is 6. The Morgan fingerprint density at radius 2 is 1.83 bits per heavy atom. The summed E-state index contributed by atoms with van der Waals surface area (Å²) in [5, 5.41) is 9.20. The third kappa shape index (κ3) is 3.37. The summed E-state index contributed by atoms with van der Waals surface area (Å²) < 4.78 is 26.0. The molecule has 0 saturated carbocycles. The van der Waals surface area contributed by atoms with Gasteiger partial charge in [0.15, 0.2) is 0 Å². The lowest BCUT2D eigenvalue weighted by Crippen LogP contribution is -2.42. The molecular weight excluding hydrogens is 358 g/mol. The van der Waals surface area contributed by atoms with Crippen LogP contribution in [0.25, 0.3) is 11.0 Å². The van der Waals surface area contributed by atoms with E-state index in [9.17, 15) is 27.9 Å². The van der Waals surface area contributed by atoms with Gasteiger partial charge < -0.3 is 15.1 Å². The third-order valence-electron chi connectivity index (χ3n) is 3.50. The van der Waals surface area contributed by atoms with Crippen molar-refractivity contribution in [2.75, 3.05) is 12.8 Å². The van der Waals surface area contributed by atoms with Gasteiger partial charge in [-0.05, 0) is 30.4 Å². The average molecular weight is 373 g/mol. The number of hydrogen-bond acceptors (Lipinski definition) is 6. The van der Waals surface area contributed by atoms with E-state index in [0.29, 0.717) is 0 Å². The Labute approximate surface area is 141 Å². The largest absolute Gasteiger partial charge is 0.480 e. The number of hydrogen-bond donors (Lipinski definition) is 4. The Bertz CT molecular complexity index is 995. The van der Waals surface area contributed by atoms with E-state index in [1.54, 1.807) is 0 Å². The Morgan fingerprint density at radius 3 is 2.38 bits per heavy atom. The Balaban J connectivity index is 2.54. The molecule has 1 unspecified atom stereocenters. The van der Waals surface area contributed by atoms with E-state index in [0.717, 1.165) is 17.4 Å². The second-order valence-corrected chi connectivity index (χ2v) is 7.45. The van der Waals surface area contributed by atoms with E-state index in [-0.39, 0.29) is 28.1 Å². The monoisotopic (exact) mass is 373 g/mol. The van der Waals surface area contributed by atoms with Gasteiger partial charge in [0.1, 0.15) is 6.04 Å². The minimum Gasteiger partial charge on any atom is -0.480 e. The molecule has 9 nitrogen and oxygen atoms in total. The van der Waals surface area contributed by atoms with Crippen LogP contribution >= 0.6 is 12.6 Å². The number of carbonyl (C=O) groups is 1. The number of nitrogens with zero attached hydrogens (tertiary/aromatic N) is 1. The molecule has 0 bridgehead atoms. The summed E-state index contributed by atoms with van der Waals surface area (Å²) in [4.78, 5) is 38.3. The number of sulfonamides is 1. The molecule has 0 amide bonds. The van der Waals surface area contributed by atoms with E-state index in [1.165, 1.54) is 12.1 Å². The molecule has 0 aliphatic carbocycles. The molecule has 1 heterocycles. The fourth-order valence-electron chi connectivity index (χ4n) is 2.17. The van der Waals surface area contributed by atoms with Crippen molar-refractivity contribution in [2.24, 2.45) is 0 Å². The molecule has 1 aromatic carbocycles. The van der Waals surface area contributed by atoms with Crippen LogP contribution in [-0.4, -0.2) is 52.6 Å². The van der Waals surface area contributed by atoms with E-state index in [2.05, 4.69) is 22.6 Å². The molecule has 1 aromatic heterocycles. The minimum atomic E-state index is -4.12. The zero-order valence-electron chi connectivity index (χ0n) is 12.5. The van der Waals surface area contributed by atoms with Crippen LogP contribution in [0.15, 0.2) is 32.7 Å². The molecular formula is C13H15N3O6S2. The van der Waals surface area contributed by atoms with Crippen LogP contribution in [0, 0.1) is 0 Å². The molecule has 24 heavy (non-hydrogen) atoms. The molecule has 2 aromatic rings. The number of carboxylic acid groups (broad SMARTS) is 1. The number of nitrogens with one attached hydrogen (secondary N) is 2. The first-order valence-electron chi connectivity index (χ1n) is 6.76. The van der Waals surface area contributed by atoms with Crippen molar-refractivity contribution in [1.29, 1.82) is 0 Å². The zero-order valence-corrected chi connectivity index (χ0v) is 14.2. The summed E-state index contributed by atoms with van der Waals surface area (Å²) in [7, 11) is -2.95. The van der Waals surface area contributed by atoms with E-state index >= 15 is 0 Å². The van der Waals surface area contributed by atoms with Crippen LogP contribution in [0.4, 0.5) is 0 Å². The first-order chi connectivity index (χ1) is 11.2. The van der Waals surface area contributed by atoms with Crippen LogP contribution < -0.4 is 11.1 Å². The lowest BCUT2D eigenvalue weighted by Gasteiger charge is -2.23. The van der Waals surface area contributed by atoms with Crippen molar-refractivity contribution in [2.45, 2.75) is 17.4 Å². The van der Waals surface area contributed by atoms with Crippen molar-refractivity contribution in [1.82, 2.24) is 14.3 Å². The highest BCUT2D eigenvalue weighted by molar-refractivity contribution is 7.89. The molecule has 1 atom stereocenters. The first kappa shape index (κ1) is 18.2. The number of aromatic nitrogens is 2. The summed E-state index contributed by atoms with van der Waals surface area (Å²) in [6, 6.07) is 2.44. The molecule has 0 spiro atoms. The number of carboxylic acids is 1. The Morgan fingerprint density at radius 1 is 1.25 bits per heavy atom. The molecule has 0 saturated heterocycles.